The second-order valence-corrected chi connectivity index (χ2v) is 12.3. The number of pyridine rings is 1. The van der Waals surface area contributed by atoms with Gasteiger partial charge < -0.3 is 15.0 Å². The maximum absolute atomic E-state index is 13.3. The van der Waals surface area contributed by atoms with Crippen molar-refractivity contribution in [3.63, 3.8) is 0 Å². The number of piperazine rings is 1. The number of alkyl halides is 4. The Morgan fingerprint density at radius 2 is 2.03 bits per heavy atom. The minimum Gasteiger partial charge on any atom is -0.367 e. The van der Waals surface area contributed by atoms with Crippen LogP contribution in [0.5, 0.6) is 0 Å². The number of rotatable bonds is 9. The molecule has 3 aromatic heterocycles. The molecule has 1 aliphatic carbocycles. The van der Waals surface area contributed by atoms with Crippen LogP contribution in [0.15, 0.2) is 23.4 Å². The van der Waals surface area contributed by atoms with Crippen LogP contribution in [0.4, 0.5) is 23.2 Å². The molecule has 4 heterocycles. The highest BCUT2D eigenvalue weighted by molar-refractivity contribution is 7.89. The van der Waals surface area contributed by atoms with Crippen molar-refractivity contribution in [1.82, 2.24) is 29.6 Å². The quantitative estimate of drug-likeness (QED) is 0.382. The van der Waals surface area contributed by atoms with E-state index in [0.29, 0.717) is 41.9 Å². The molecule has 0 bridgehead atoms. The van der Waals surface area contributed by atoms with E-state index >= 15 is 0 Å². The number of anilines is 1. The summed E-state index contributed by atoms with van der Waals surface area (Å²) in [4.78, 5) is 6.18. The molecule has 3 aromatic rings. The van der Waals surface area contributed by atoms with Crippen LogP contribution in [0, 0.1) is 0 Å². The first-order valence-corrected chi connectivity index (χ1v) is 13.8. The van der Waals surface area contributed by atoms with Crippen LogP contribution in [-0.2, 0) is 14.8 Å². The number of hydrogen-bond acceptors (Lipinski definition) is 9. The van der Waals surface area contributed by atoms with Gasteiger partial charge in [-0.15, -0.1) is 10.2 Å². The van der Waals surface area contributed by atoms with Gasteiger partial charge in [-0.2, -0.15) is 8.78 Å². The molecule has 2 aliphatic rings. The lowest BCUT2D eigenvalue weighted by molar-refractivity contribution is -0.134. The minimum absolute atomic E-state index is 0.0486. The summed E-state index contributed by atoms with van der Waals surface area (Å²) in [5.41, 5.74) is 0.470. The largest absolute Gasteiger partial charge is 0.367 e. The number of halogens is 4. The summed E-state index contributed by atoms with van der Waals surface area (Å²) >= 11 is 0.667. The lowest BCUT2D eigenvalue weighted by Crippen LogP contribution is -2.57. The van der Waals surface area contributed by atoms with Crippen molar-refractivity contribution >= 4 is 32.6 Å². The predicted octanol–water partition coefficient (Wildman–Crippen LogP) is 3.03. The number of fused-ring (bicyclic) bond motifs is 1. The number of aromatic nitrogens is 4. The Bertz CT molecular complexity index is 1390. The summed E-state index contributed by atoms with van der Waals surface area (Å²) in [6, 6.07) is 0.950. The molecule has 0 radical (unpaired) electrons. The number of nitrogens with one attached hydrogen (secondary N) is 2. The number of nitrogens with zero attached hydrogens (tertiary/aromatic N) is 5. The number of sulfonamides is 1. The molecule has 1 aliphatic heterocycles. The zero-order chi connectivity index (χ0) is 26.5. The third-order valence-electron chi connectivity index (χ3n) is 6.32. The van der Waals surface area contributed by atoms with Crippen LogP contribution in [0.3, 0.4) is 0 Å². The van der Waals surface area contributed by atoms with Crippen molar-refractivity contribution in [1.29, 1.82) is 0 Å². The molecular weight excluding hydrogens is 538 g/mol. The third-order valence-corrected chi connectivity index (χ3v) is 8.86. The first-order chi connectivity index (χ1) is 17.4. The van der Waals surface area contributed by atoms with Crippen molar-refractivity contribution < 1.29 is 30.7 Å². The molecular formula is C21H25F4N7O3S2. The molecule has 1 saturated carbocycles. The van der Waals surface area contributed by atoms with Crippen LogP contribution in [-0.4, -0.2) is 71.9 Å². The van der Waals surface area contributed by atoms with E-state index in [1.165, 1.54) is 22.9 Å². The number of imidazole rings is 1. The molecule has 2 atom stereocenters. The Labute approximate surface area is 214 Å². The van der Waals surface area contributed by atoms with E-state index < -0.39 is 39.6 Å². The standard InChI is InChI=1S/C21H25F4N7O3S2/c1-11-7-31(8-12(27-11)10-35-20(24)25)14-5-13(37(33,34)30-21(2)3-4-21)9-32-15(14)6-26-17(32)19-29-28-18(36-19)16(22)23/h5-6,9,11-12,16,20,27,30H,3-4,7-8,10H2,1-2H3/t11-,12+/m1/s1. The van der Waals surface area contributed by atoms with Crippen molar-refractivity contribution in [2.24, 2.45) is 0 Å². The fourth-order valence-corrected chi connectivity index (χ4v) is 6.54. The normalized spacial score (nSPS) is 21.9. The molecule has 0 amide bonds. The first kappa shape index (κ1) is 26.2. The van der Waals surface area contributed by atoms with Gasteiger partial charge >= 0.3 is 6.61 Å². The highest BCUT2D eigenvalue weighted by Gasteiger charge is 2.41. The lowest BCUT2D eigenvalue weighted by Gasteiger charge is -2.39. The van der Waals surface area contributed by atoms with Gasteiger partial charge in [-0.25, -0.2) is 26.9 Å². The molecule has 2 N–H and O–H groups in total. The van der Waals surface area contributed by atoms with Gasteiger partial charge in [0.25, 0.3) is 6.43 Å². The lowest BCUT2D eigenvalue weighted by atomic mass is 10.1. The maximum Gasteiger partial charge on any atom is 0.345 e. The average molecular weight is 564 g/mol. The van der Waals surface area contributed by atoms with Gasteiger partial charge in [-0.1, -0.05) is 11.3 Å². The first-order valence-electron chi connectivity index (χ1n) is 11.5. The van der Waals surface area contributed by atoms with Gasteiger partial charge in [0.2, 0.25) is 10.0 Å². The summed E-state index contributed by atoms with van der Waals surface area (Å²) < 4.78 is 86.9. The Hall–Kier alpha value is -2.40. The van der Waals surface area contributed by atoms with Crippen molar-refractivity contribution in [3.05, 3.63) is 23.5 Å². The zero-order valence-corrected chi connectivity index (χ0v) is 21.5. The summed E-state index contributed by atoms with van der Waals surface area (Å²) in [5, 5.41) is 10.2. The maximum atomic E-state index is 13.3. The monoisotopic (exact) mass is 563 g/mol. The van der Waals surface area contributed by atoms with Crippen LogP contribution in [0.1, 0.15) is 38.1 Å². The SMILES string of the molecule is C[C@@H]1CN(c2cc(S(=O)(=O)NC3(C)CC3)cn3c(-c4nnc(C(F)F)s4)ncc23)C[C@@H](COC(F)F)N1. The molecule has 10 nitrogen and oxygen atoms in total. The molecule has 0 spiro atoms. The topological polar surface area (TPSA) is 114 Å². The van der Waals surface area contributed by atoms with Crippen molar-refractivity contribution in [3.8, 4) is 10.8 Å². The van der Waals surface area contributed by atoms with E-state index in [1.807, 2.05) is 18.7 Å². The van der Waals surface area contributed by atoms with Gasteiger partial charge in [0.1, 0.15) is 4.90 Å². The van der Waals surface area contributed by atoms with Crippen molar-refractivity contribution in [2.75, 3.05) is 24.6 Å². The molecule has 16 heteroatoms. The molecule has 202 valence electrons. The summed E-state index contributed by atoms with van der Waals surface area (Å²) in [5.74, 6) is 0.163. The summed E-state index contributed by atoms with van der Waals surface area (Å²) in [6.45, 7) is 1.25. The summed E-state index contributed by atoms with van der Waals surface area (Å²) in [6.07, 6.45) is 1.49. The van der Waals surface area contributed by atoms with Gasteiger partial charge in [0.05, 0.1) is 24.0 Å². The Morgan fingerprint density at radius 3 is 2.68 bits per heavy atom. The molecule has 1 saturated heterocycles. The summed E-state index contributed by atoms with van der Waals surface area (Å²) in [7, 11) is -3.96. The van der Waals surface area contributed by atoms with Crippen LogP contribution >= 0.6 is 11.3 Å². The van der Waals surface area contributed by atoms with E-state index in [0.717, 1.165) is 0 Å². The zero-order valence-electron chi connectivity index (χ0n) is 19.9. The smallest absolute Gasteiger partial charge is 0.345 e. The second-order valence-electron chi connectivity index (χ2n) is 9.57. The molecule has 37 heavy (non-hydrogen) atoms. The van der Waals surface area contributed by atoms with E-state index in [9.17, 15) is 26.0 Å². The highest BCUT2D eigenvalue weighted by atomic mass is 32.2. The van der Waals surface area contributed by atoms with E-state index in [4.69, 9.17) is 0 Å². The van der Waals surface area contributed by atoms with Crippen LogP contribution in [0.2, 0.25) is 0 Å². The van der Waals surface area contributed by atoms with Gasteiger partial charge in [-0.05, 0) is 32.8 Å². The Morgan fingerprint density at radius 1 is 1.27 bits per heavy atom. The van der Waals surface area contributed by atoms with Crippen molar-refractivity contribution in [2.45, 2.75) is 62.2 Å². The van der Waals surface area contributed by atoms with Gasteiger partial charge in [0.15, 0.2) is 15.8 Å². The fraction of sp³-hybridized carbons (Fsp3) is 0.571. The highest BCUT2D eigenvalue weighted by Crippen LogP contribution is 2.37. The molecule has 0 unspecified atom stereocenters. The number of hydrogen-bond donors (Lipinski definition) is 2. The molecule has 2 fully saturated rings. The number of ether oxygens (including phenoxy) is 1. The predicted molar refractivity (Wildman–Crippen MR) is 128 cm³/mol. The Balaban J connectivity index is 1.60. The van der Waals surface area contributed by atoms with Crippen LogP contribution in [0.25, 0.3) is 16.3 Å². The van der Waals surface area contributed by atoms with E-state index in [2.05, 4.69) is 30.0 Å². The fourth-order valence-electron chi connectivity index (χ4n) is 4.36. The van der Waals surface area contributed by atoms with E-state index in [-0.39, 0.29) is 34.9 Å². The molecule has 5 rings (SSSR count). The average Bonchev–Trinajstić information content (AvgIpc) is 3.21. The Kier molecular flexibility index (Phi) is 6.89. The second kappa shape index (κ2) is 9.72. The third kappa shape index (κ3) is 5.57. The van der Waals surface area contributed by atoms with Gasteiger partial charge in [-0.3, -0.25) is 4.40 Å². The molecule has 0 aromatic carbocycles. The van der Waals surface area contributed by atoms with Gasteiger partial charge in [0, 0.05) is 36.9 Å². The van der Waals surface area contributed by atoms with Crippen LogP contribution < -0.4 is 14.9 Å². The van der Waals surface area contributed by atoms with E-state index in [1.54, 1.807) is 0 Å². The minimum atomic E-state index is -3.96.